The van der Waals surface area contributed by atoms with Crippen LogP contribution in [0.5, 0.6) is 0 Å². The van der Waals surface area contributed by atoms with Gasteiger partial charge in [-0.1, -0.05) is 92.2 Å². The van der Waals surface area contributed by atoms with Crippen molar-refractivity contribution >= 4 is 38.3 Å². The number of hydrogen-bond donors (Lipinski definition) is 0. The van der Waals surface area contributed by atoms with E-state index in [1.165, 1.54) is 33.0 Å². The predicted octanol–water partition coefficient (Wildman–Crippen LogP) is 11.6. The lowest BCUT2D eigenvalue weighted by molar-refractivity contribution is 0.639. The van der Waals surface area contributed by atoms with E-state index in [1.54, 1.807) is 0 Å². The summed E-state index contributed by atoms with van der Waals surface area (Å²) in [4.78, 5) is 10.3. The molecule has 0 saturated heterocycles. The van der Waals surface area contributed by atoms with Crippen LogP contribution in [0.15, 0.2) is 121 Å². The molecule has 6 aromatic carbocycles. The second-order valence-corrected chi connectivity index (χ2v) is 14.1. The second-order valence-electron chi connectivity index (χ2n) is 14.1. The number of nitriles is 1. The second kappa shape index (κ2) is 11.3. The van der Waals surface area contributed by atoms with Gasteiger partial charge in [-0.3, -0.25) is 0 Å². The summed E-state index contributed by atoms with van der Waals surface area (Å²) in [5.41, 5.74) is 15.6. The van der Waals surface area contributed by atoms with E-state index >= 15 is 0 Å². The van der Waals surface area contributed by atoms with Gasteiger partial charge in [0.2, 0.25) is 0 Å². The predicted molar refractivity (Wildman–Crippen MR) is 209 cm³/mol. The molecule has 0 spiro atoms. The van der Waals surface area contributed by atoms with E-state index in [-0.39, 0.29) is 5.41 Å². The Morgan fingerprint density at radius 3 is 2.27 bits per heavy atom. The van der Waals surface area contributed by atoms with Gasteiger partial charge in [0.15, 0.2) is 5.82 Å². The molecule has 0 saturated carbocycles. The highest BCUT2D eigenvalue weighted by Crippen LogP contribution is 2.49. The number of aromatic nitrogens is 3. The van der Waals surface area contributed by atoms with Gasteiger partial charge in [-0.05, 0) is 109 Å². The summed E-state index contributed by atoms with van der Waals surface area (Å²) in [6.45, 7) is 11.3. The molecule has 9 rings (SSSR count). The summed E-state index contributed by atoms with van der Waals surface area (Å²) in [7, 11) is 0. The fourth-order valence-corrected chi connectivity index (χ4v) is 8.03. The standard InChI is InChI=1S/C47H34N4/c1-28-30(3)47(4,5)40-26-44-39(25-38(28)40)35-19-12-14-22-42(35)51(44)43-24-33(23-37(29(43)2)34-18-10-9-17-32(34)27-48)46-49-41-21-13-11-20-36(41)45(50-46)31-15-7-6-8-16-31/h6-12,14-20,22-26H,1-5H3. The van der Waals surface area contributed by atoms with Gasteiger partial charge in [0.1, 0.15) is 5.52 Å². The van der Waals surface area contributed by atoms with Gasteiger partial charge in [-0.25, -0.2) is 9.97 Å². The molecule has 4 heteroatoms. The van der Waals surface area contributed by atoms with Crippen LogP contribution in [-0.2, 0) is 5.41 Å². The van der Waals surface area contributed by atoms with Gasteiger partial charge in [-0.15, -0.1) is 0 Å². The minimum absolute atomic E-state index is 0.0804. The van der Waals surface area contributed by atoms with Crippen molar-refractivity contribution in [2.24, 2.45) is 0 Å². The van der Waals surface area contributed by atoms with Crippen LogP contribution < -0.4 is 0 Å². The van der Waals surface area contributed by atoms with Crippen LogP contribution in [-0.4, -0.2) is 14.5 Å². The molecule has 2 aromatic heterocycles. The quantitative estimate of drug-likeness (QED) is 0.190. The first-order valence-corrected chi connectivity index (χ1v) is 17.3. The Morgan fingerprint density at radius 1 is 0.686 bits per heavy atom. The lowest BCUT2D eigenvalue weighted by Gasteiger charge is -2.23. The van der Waals surface area contributed by atoms with Gasteiger partial charge in [0.25, 0.3) is 0 Å². The largest absolute Gasteiger partial charge is 0.309 e. The van der Waals surface area contributed by atoms with Gasteiger partial charge < -0.3 is 4.57 Å². The van der Waals surface area contributed by atoms with E-state index in [4.69, 9.17) is 9.97 Å². The van der Waals surface area contributed by atoms with Crippen LogP contribution in [0.1, 0.15) is 49.9 Å². The molecule has 1 aliphatic rings. The van der Waals surface area contributed by atoms with Crippen LogP contribution in [0.25, 0.3) is 77.7 Å². The first-order chi connectivity index (χ1) is 24.8. The monoisotopic (exact) mass is 654 g/mol. The number of allylic oxidation sites excluding steroid dienone is 2. The molecule has 0 radical (unpaired) electrons. The molecule has 1 aliphatic carbocycles. The minimum atomic E-state index is -0.0804. The Labute approximate surface area is 298 Å². The Morgan fingerprint density at radius 2 is 1.45 bits per heavy atom. The summed E-state index contributed by atoms with van der Waals surface area (Å²) in [6, 6.07) is 48.5. The number of hydrogen-bond acceptors (Lipinski definition) is 3. The molecule has 2 heterocycles. The van der Waals surface area contributed by atoms with E-state index in [0.717, 1.165) is 55.6 Å². The molecule has 4 nitrogen and oxygen atoms in total. The van der Waals surface area contributed by atoms with Crippen LogP contribution in [0.2, 0.25) is 0 Å². The normalized spacial score (nSPS) is 13.5. The van der Waals surface area contributed by atoms with Gasteiger partial charge in [-0.2, -0.15) is 5.26 Å². The van der Waals surface area contributed by atoms with Crippen molar-refractivity contribution in [1.82, 2.24) is 14.5 Å². The van der Waals surface area contributed by atoms with Crippen LogP contribution in [0.4, 0.5) is 0 Å². The Bertz CT molecular complexity index is 2810. The Hall–Kier alpha value is -6.49. The zero-order valence-electron chi connectivity index (χ0n) is 29.3. The summed E-state index contributed by atoms with van der Waals surface area (Å²) in [6.07, 6.45) is 0. The maximum atomic E-state index is 10.3. The molecule has 0 aliphatic heterocycles. The van der Waals surface area contributed by atoms with E-state index in [1.807, 2.05) is 54.6 Å². The zero-order chi connectivity index (χ0) is 35.0. The molecular weight excluding hydrogens is 621 g/mol. The van der Waals surface area contributed by atoms with Crippen LogP contribution in [0.3, 0.4) is 0 Å². The third-order valence-corrected chi connectivity index (χ3v) is 11.1. The molecule has 51 heavy (non-hydrogen) atoms. The first kappa shape index (κ1) is 30.6. The van der Waals surface area contributed by atoms with E-state index in [0.29, 0.717) is 16.9 Å². The Balaban J connectivity index is 1.40. The van der Waals surface area contributed by atoms with Crippen molar-refractivity contribution in [2.75, 3.05) is 0 Å². The molecule has 0 bridgehead atoms. The number of para-hydroxylation sites is 1. The van der Waals surface area contributed by atoms with E-state index < -0.39 is 0 Å². The highest BCUT2D eigenvalue weighted by molar-refractivity contribution is 6.11. The molecular formula is C47H34N4. The first-order valence-electron chi connectivity index (χ1n) is 17.3. The smallest absolute Gasteiger partial charge is 0.161 e. The lowest BCUT2D eigenvalue weighted by Crippen LogP contribution is -2.15. The van der Waals surface area contributed by atoms with Gasteiger partial charge >= 0.3 is 0 Å². The Kier molecular flexibility index (Phi) is 6.76. The maximum absolute atomic E-state index is 10.3. The van der Waals surface area contributed by atoms with Crippen molar-refractivity contribution in [3.8, 4) is 45.5 Å². The number of benzene rings is 5. The number of nitrogens with zero attached hydrogens (tertiary/aromatic N) is 4. The fraction of sp³-hybridized carbons (Fsp3) is 0.128. The summed E-state index contributed by atoms with van der Waals surface area (Å²) in [5.74, 6) is 0.590. The van der Waals surface area contributed by atoms with Crippen molar-refractivity contribution in [3.05, 3.63) is 155 Å². The van der Waals surface area contributed by atoms with Crippen molar-refractivity contribution in [3.63, 3.8) is 0 Å². The number of fused-ring (bicyclic) bond motifs is 5. The molecule has 0 N–H and O–H groups in total. The van der Waals surface area contributed by atoms with E-state index in [9.17, 15) is 5.26 Å². The molecule has 0 fully saturated rings. The van der Waals surface area contributed by atoms with Crippen LogP contribution in [0, 0.1) is 30.4 Å². The van der Waals surface area contributed by atoms with Gasteiger partial charge in [0, 0.05) is 32.7 Å². The minimum Gasteiger partial charge on any atom is -0.309 e. The van der Waals surface area contributed by atoms with Crippen molar-refractivity contribution in [1.29, 1.82) is 5.26 Å². The highest BCUT2D eigenvalue weighted by atomic mass is 15.0. The summed E-state index contributed by atoms with van der Waals surface area (Å²) in [5, 5.41) is 13.6. The molecule has 0 amide bonds. The lowest BCUT2D eigenvalue weighted by atomic mass is 9.82. The van der Waals surface area contributed by atoms with Crippen molar-refractivity contribution < 1.29 is 0 Å². The number of rotatable bonds is 4. The van der Waals surface area contributed by atoms with E-state index in [2.05, 4.69) is 118 Å². The van der Waals surface area contributed by atoms with Crippen molar-refractivity contribution in [2.45, 2.75) is 40.0 Å². The molecule has 242 valence electrons. The fourth-order valence-electron chi connectivity index (χ4n) is 8.03. The van der Waals surface area contributed by atoms with Crippen LogP contribution >= 0.6 is 0 Å². The summed E-state index contributed by atoms with van der Waals surface area (Å²) < 4.78 is 2.40. The SMILES string of the molecule is CC1=C(C)C(C)(C)c2cc3c(cc21)c1ccccc1n3-c1cc(-c2nc(-c3ccccc3)c3ccc#cc3n2)cc(-c2ccccc2C#N)c1C. The molecule has 0 atom stereocenters. The molecule has 8 aromatic rings. The average molecular weight is 655 g/mol. The summed E-state index contributed by atoms with van der Waals surface area (Å²) >= 11 is 0. The average Bonchev–Trinajstić information content (AvgIpc) is 3.57. The highest BCUT2D eigenvalue weighted by Gasteiger charge is 2.35. The molecule has 0 unspecified atom stereocenters. The third kappa shape index (κ3) is 4.54. The van der Waals surface area contributed by atoms with Gasteiger partial charge in [0.05, 0.1) is 34.0 Å². The maximum Gasteiger partial charge on any atom is 0.161 e. The topological polar surface area (TPSA) is 54.5 Å². The third-order valence-electron chi connectivity index (χ3n) is 11.1. The zero-order valence-corrected chi connectivity index (χ0v) is 29.3.